The third-order valence-electron chi connectivity index (χ3n) is 4.75. The molecular formula is C22H32N3O4P. The van der Waals surface area contributed by atoms with Crippen LogP contribution < -0.4 is 15.8 Å². The lowest BCUT2D eigenvalue weighted by Gasteiger charge is -2.09. The van der Waals surface area contributed by atoms with Gasteiger partial charge in [-0.25, -0.2) is 0 Å². The summed E-state index contributed by atoms with van der Waals surface area (Å²) >= 11 is 0. The molecule has 0 heterocycles. The van der Waals surface area contributed by atoms with Crippen LogP contribution in [0.4, 0.5) is 0 Å². The Kier molecular flexibility index (Phi) is 10.7. The molecule has 0 aliphatic rings. The van der Waals surface area contributed by atoms with Gasteiger partial charge in [-0.2, -0.15) is 0 Å². The summed E-state index contributed by atoms with van der Waals surface area (Å²) in [6.07, 6.45) is 4.74. The van der Waals surface area contributed by atoms with Crippen molar-refractivity contribution in [1.82, 2.24) is 5.32 Å². The van der Waals surface area contributed by atoms with Crippen LogP contribution in [0, 0.1) is 4.91 Å². The van der Waals surface area contributed by atoms with E-state index in [1.165, 1.54) is 0 Å². The standard InChI is InChI=1S/C22H32N3O4P/c23-13-3-1-2-4-15-29-22-8-5-7-21(17-22)20-11-9-19(10-12-20)18-24-14-6-16-30(27,28)25-26/h5,7-12,17,24H,1-4,6,13-16,18,23H2,(H,27,28). The molecule has 2 rings (SSSR count). The summed E-state index contributed by atoms with van der Waals surface area (Å²) < 4.78 is 17.0. The van der Waals surface area contributed by atoms with E-state index < -0.39 is 7.52 Å². The van der Waals surface area contributed by atoms with E-state index in [0.717, 1.165) is 54.7 Å². The van der Waals surface area contributed by atoms with Crippen molar-refractivity contribution in [3.05, 3.63) is 59.0 Å². The Bertz CT molecular complexity index is 814. The van der Waals surface area contributed by atoms with E-state index >= 15 is 0 Å². The van der Waals surface area contributed by atoms with Crippen LogP contribution in [0.1, 0.15) is 37.7 Å². The molecule has 1 atom stereocenters. The van der Waals surface area contributed by atoms with Gasteiger partial charge in [-0.15, -0.1) is 4.91 Å². The highest BCUT2D eigenvalue weighted by atomic mass is 31.2. The van der Waals surface area contributed by atoms with Gasteiger partial charge in [0.1, 0.15) is 5.75 Å². The fourth-order valence-corrected chi connectivity index (χ4v) is 3.71. The second-order valence-corrected chi connectivity index (χ2v) is 9.22. The van der Waals surface area contributed by atoms with E-state index in [1.807, 2.05) is 12.1 Å². The lowest BCUT2D eigenvalue weighted by atomic mass is 10.0. The molecule has 2 aromatic rings. The third-order valence-corrected chi connectivity index (χ3v) is 5.90. The summed E-state index contributed by atoms with van der Waals surface area (Å²) in [5.74, 6) is 0.878. The molecule has 4 N–H and O–H groups in total. The van der Waals surface area contributed by atoms with E-state index in [4.69, 9.17) is 15.4 Å². The second-order valence-electron chi connectivity index (χ2n) is 7.28. The van der Waals surface area contributed by atoms with Crippen molar-refractivity contribution in [2.24, 2.45) is 10.7 Å². The topological polar surface area (TPSA) is 114 Å². The number of hydrogen-bond acceptors (Lipinski definition) is 5. The van der Waals surface area contributed by atoms with Crippen LogP contribution in [0.3, 0.4) is 0 Å². The van der Waals surface area contributed by atoms with Gasteiger partial charge in [0, 0.05) is 17.7 Å². The summed E-state index contributed by atoms with van der Waals surface area (Å²) in [7, 11) is -3.83. The molecule has 2 aromatic carbocycles. The first-order valence-electron chi connectivity index (χ1n) is 10.4. The lowest BCUT2D eigenvalue weighted by molar-refractivity contribution is 0.305. The largest absolute Gasteiger partial charge is 0.494 e. The Morgan fingerprint density at radius 2 is 1.77 bits per heavy atom. The minimum atomic E-state index is -3.83. The molecular weight excluding hydrogens is 401 g/mol. The highest BCUT2D eigenvalue weighted by Crippen LogP contribution is 2.41. The molecule has 0 bridgehead atoms. The molecule has 30 heavy (non-hydrogen) atoms. The van der Waals surface area contributed by atoms with Gasteiger partial charge >= 0.3 is 7.52 Å². The van der Waals surface area contributed by atoms with Gasteiger partial charge in [0.25, 0.3) is 0 Å². The maximum atomic E-state index is 11.2. The Labute approximate surface area is 178 Å². The van der Waals surface area contributed by atoms with Crippen molar-refractivity contribution < 1.29 is 14.2 Å². The molecule has 0 fully saturated rings. The third kappa shape index (κ3) is 9.18. The zero-order valence-electron chi connectivity index (χ0n) is 17.3. The lowest BCUT2D eigenvalue weighted by Crippen LogP contribution is -2.15. The number of ether oxygens (including phenoxy) is 1. The fourth-order valence-electron chi connectivity index (χ4n) is 3.05. The number of nitrogens with one attached hydrogen (secondary N) is 1. The van der Waals surface area contributed by atoms with Gasteiger partial charge in [-0.3, -0.25) is 4.57 Å². The van der Waals surface area contributed by atoms with Crippen LogP contribution >= 0.6 is 7.52 Å². The number of nitroso groups, excluding NO2 is 1. The summed E-state index contributed by atoms with van der Waals surface area (Å²) in [6, 6.07) is 16.4. The molecule has 0 aliphatic heterocycles. The number of nitrogens with two attached hydrogens (primary N) is 1. The number of rotatable bonds is 15. The number of nitrogens with zero attached hydrogens (tertiary/aromatic N) is 1. The Balaban J connectivity index is 1.77. The van der Waals surface area contributed by atoms with Crippen LogP contribution in [0.5, 0.6) is 5.75 Å². The molecule has 0 aliphatic carbocycles. The smallest absolute Gasteiger partial charge is 0.350 e. The monoisotopic (exact) mass is 433 g/mol. The van der Waals surface area contributed by atoms with Crippen molar-refractivity contribution in [3.8, 4) is 16.9 Å². The summed E-state index contributed by atoms with van der Waals surface area (Å²) in [5, 5.41) is 3.21. The first-order chi connectivity index (χ1) is 14.5. The maximum absolute atomic E-state index is 11.2. The number of benzene rings is 2. The zero-order chi connectivity index (χ0) is 21.7. The van der Waals surface area contributed by atoms with Gasteiger partial charge in [0.2, 0.25) is 0 Å². The van der Waals surface area contributed by atoms with Gasteiger partial charge in [-0.05, 0) is 61.2 Å². The molecule has 164 valence electrons. The average Bonchev–Trinajstić information content (AvgIpc) is 2.76. The average molecular weight is 433 g/mol. The molecule has 8 heteroatoms. The summed E-state index contributed by atoms with van der Waals surface area (Å²) in [6.45, 7) is 2.67. The van der Waals surface area contributed by atoms with Gasteiger partial charge in [0.15, 0.2) is 0 Å². The van der Waals surface area contributed by atoms with Gasteiger partial charge in [-0.1, -0.05) is 49.2 Å². The predicted molar refractivity (Wildman–Crippen MR) is 122 cm³/mol. The van der Waals surface area contributed by atoms with Crippen molar-refractivity contribution >= 4 is 7.52 Å². The SMILES string of the molecule is NCCCCCCOc1cccc(-c2ccc(CNCCCP(=O)(O)N=O)cc2)c1. The summed E-state index contributed by atoms with van der Waals surface area (Å²) in [4.78, 5) is 21.6. The normalized spacial score (nSPS) is 13.0. The molecule has 0 spiro atoms. The van der Waals surface area contributed by atoms with E-state index in [-0.39, 0.29) is 6.16 Å². The second kappa shape index (κ2) is 13.3. The Hall–Kier alpha value is -2.05. The first kappa shape index (κ1) is 24.2. The molecule has 0 aromatic heterocycles. The van der Waals surface area contributed by atoms with Crippen LogP contribution in [-0.2, 0) is 11.1 Å². The summed E-state index contributed by atoms with van der Waals surface area (Å²) in [5.41, 5.74) is 8.84. The highest BCUT2D eigenvalue weighted by molar-refractivity contribution is 7.56. The van der Waals surface area contributed by atoms with Gasteiger partial charge in [0.05, 0.1) is 6.61 Å². The quantitative estimate of drug-likeness (QED) is 0.213. The maximum Gasteiger partial charge on any atom is 0.350 e. The van der Waals surface area contributed by atoms with E-state index in [9.17, 15) is 9.47 Å². The molecule has 7 nitrogen and oxygen atoms in total. The molecule has 0 saturated heterocycles. The highest BCUT2D eigenvalue weighted by Gasteiger charge is 2.16. The molecule has 0 amide bonds. The van der Waals surface area contributed by atoms with E-state index in [1.54, 1.807) is 0 Å². The van der Waals surface area contributed by atoms with E-state index in [0.29, 0.717) is 26.1 Å². The first-order valence-corrected chi connectivity index (χ1v) is 12.2. The van der Waals surface area contributed by atoms with Crippen molar-refractivity contribution in [2.75, 3.05) is 25.9 Å². The van der Waals surface area contributed by atoms with Crippen LogP contribution in [-0.4, -0.2) is 30.8 Å². The molecule has 0 saturated carbocycles. The Morgan fingerprint density at radius 3 is 2.50 bits per heavy atom. The van der Waals surface area contributed by atoms with Crippen LogP contribution in [0.25, 0.3) is 11.1 Å². The van der Waals surface area contributed by atoms with E-state index in [2.05, 4.69) is 46.7 Å². The molecule has 1 unspecified atom stereocenters. The van der Waals surface area contributed by atoms with Crippen LogP contribution in [0.2, 0.25) is 0 Å². The molecule has 0 radical (unpaired) electrons. The zero-order valence-corrected chi connectivity index (χ0v) is 18.2. The minimum absolute atomic E-state index is 0.0887. The van der Waals surface area contributed by atoms with Crippen LogP contribution in [0.15, 0.2) is 53.5 Å². The number of hydrogen-bond donors (Lipinski definition) is 3. The van der Waals surface area contributed by atoms with Crippen molar-refractivity contribution in [3.63, 3.8) is 0 Å². The van der Waals surface area contributed by atoms with Crippen molar-refractivity contribution in [1.29, 1.82) is 0 Å². The fraction of sp³-hybridized carbons (Fsp3) is 0.455. The minimum Gasteiger partial charge on any atom is -0.494 e. The number of unbranched alkanes of at least 4 members (excludes halogenated alkanes) is 3. The Morgan fingerprint density at radius 1 is 1.00 bits per heavy atom. The van der Waals surface area contributed by atoms with Gasteiger partial charge < -0.3 is 20.7 Å². The van der Waals surface area contributed by atoms with Crippen molar-refractivity contribution in [2.45, 2.75) is 38.6 Å². The predicted octanol–water partition coefficient (Wildman–Crippen LogP) is 4.68.